The predicted octanol–water partition coefficient (Wildman–Crippen LogP) is 3.14. The first-order chi connectivity index (χ1) is 9.23. The summed E-state index contributed by atoms with van der Waals surface area (Å²) in [4.78, 5) is 15.1. The molecular formula is C16H24N2OS. The molecule has 0 unspecified atom stereocenters. The third-order valence-corrected chi connectivity index (χ3v) is 3.58. The first kappa shape index (κ1) is 16.6. The van der Waals surface area contributed by atoms with E-state index in [-0.39, 0.29) is 11.9 Å². The average molecular weight is 292 g/mol. The van der Waals surface area contributed by atoms with Crippen molar-refractivity contribution < 1.29 is 4.79 Å². The molecule has 0 aliphatic carbocycles. The summed E-state index contributed by atoms with van der Waals surface area (Å²) in [6, 6.07) is 4.22. The first-order valence-electron chi connectivity index (χ1n) is 6.91. The molecule has 0 heterocycles. The molecule has 0 atom stereocenters. The minimum Gasteiger partial charge on any atom is -0.393 e. The minimum atomic E-state index is 0.0613. The van der Waals surface area contributed by atoms with Crippen LogP contribution in [0.3, 0.4) is 0 Å². The number of amides is 1. The molecule has 0 spiro atoms. The largest absolute Gasteiger partial charge is 0.393 e. The van der Waals surface area contributed by atoms with Crippen molar-refractivity contribution in [2.24, 2.45) is 5.73 Å². The standard InChI is InChI=1S/C16H24N2OS/c1-10(2)18(7-6-14(17)20)16(19)15-12(4)8-11(3)9-13(15)5/h8-10H,6-7H2,1-5H3,(H2,17,20). The summed E-state index contributed by atoms with van der Waals surface area (Å²) in [5, 5.41) is 0. The van der Waals surface area contributed by atoms with Crippen LogP contribution < -0.4 is 5.73 Å². The van der Waals surface area contributed by atoms with Crippen LogP contribution in [0.5, 0.6) is 0 Å². The summed E-state index contributed by atoms with van der Waals surface area (Å²) in [5.41, 5.74) is 9.57. The van der Waals surface area contributed by atoms with Crippen molar-refractivity contribution in [3.63, 3.8) is 0 Å². The molecule has 20 heavy (non-hydrogen) atoms. The highest BCUT2D eigenvalue weighted by atomic mass is 32.1. The number of hydrogen-bond donors (Lipinski definition) is 1. The molecule has 0 radical (unpaired) electrons. The number of hydrogen-bond acceptors (Lipinski definition) is 2. The van der Waals surface area contributed by atoms with E-state index in [2.05, 4.69) is 0 Å². The van der Waals surface area contributed by atoms with Crippen molar-refractivity contribution in [2.75, 3.05) is 6.54 Å². The van der Waals surface area contributed by atoms with Crippen molar-refractivity contribution >= 4 is 23.1 Å². The van der Waals surface area contributed by atoms with Crippen LogP contribution in [0, 0.1) is 20.8 Å². The second-order valence-electron chi connectivity index (χ2n) is 5.58. The number of carbonyl (C=O) groups excluding carboxylic acids is 1. The molecule has 0 fully saturated rings. The summed E-state index contributed by atoms with van der Waals surface area (Å²) in [6.45, 7) is 10.6. The number of benzene rings is 1. The number of aryl methyl sites for hydroxylation is 3. The summed E-state index contributed by atoms with van der Waals surface area (Å²) in [7, 11) is 0. The highest BCUT2D eigenvalue weighted by molar-refractivity contribution is 7.80. The van der Waals surface area contributed by atoms with Gasteiger partial charge in [-0.25, -0.2) is 0 Å². The van der Waals surface area contributed by atoms with Crippen molar-refractivity contribution in [1.82, 2.24) is 4.90 Å². The highest BCUT2D eigenvalue weighted by Gasteiger charge is 2.22. The zero-order chi connectivity index (χ0) is 15.4. The molecule has 1 aromatic rings. The van der Waals surface area contributed by atoms with Gasteiger partial charge in [0.15, 0.2) is 0 Å². The maximum Gasteiger partial charge on any atom is 0.254 e. The van der Waals surface area contributed by atoms with Crippen LogP contribution in [-0.4, -0.2) is 28.4 Å². The van der Waals surface area contributed by atoms with Gasteiger partial charge in [-0.15, -0.1) is 0 Å². The summed E-state index contributed by atoms with van der Waals surface area (Å²) < 4.78 is 0. The van der Waals surface area contributed by atoms with Crippen molar-refractivity contribution in [3.8, 4) is 0 Å². The number of carbonyl (C=O) groups is 1. The molecule has 0 aromatic heterocycles. The molecule has 4 heteroatoms. The zero-order valence-corrected chi connectivity index (χ0v) is 13.8. The van der Waals surface area contributed by atoms with E-state index in [0.29, 0.717) is 18.0 Å². The fraction of sp³-hybridized carbons (Fsp3) is 0.500. The molecule has 0 bridgehead atoms. The van der Waals surface area contributed by atoms with Crippen LogP contribution >= 0.6 is 12.2 Å². The van der Waals surface area contributed by atoms with Gasteiger partial charge in [-0.1, -0.05) is 29.9 Å². The normalized spacial score (nSPS) is 10.7. The van der Waals surface area contributed by atoms with E-state index in [4.69, 9.17) is 18.0 Å². The lowest BCUT2D eigenvalue weighted by molar-refractivity contribution is 0.0710. The monoisotopic (exact) mass is 292 g/mol. The van der Waals surface area contributed by atoms with Gasteiger partial charge in [-0.2, -0.15) is 0 Å². The Morgan fingerprint density at radius 1 is 1.25 bits per heavy atom. The quantitative estimate of drug-likeness (QED) is 0.848. The van der Waals surface area contributed by atoms with E-state index in [1.165, 1.54) is 5.56 Å². The average Bonchev–Trinajstić information content (AvgIpc) is 2.26. The lowest BCUT2D eigenvalue weighted by atomic mass is 9.98. The smallest absolute Gasteiger partial charge is 0.254 e. The Balaban J connectivity index is 3.10. The lowest BCUT2D eigenvalue weighted by Gasteiger charge is -2.28. The Morgan fingerprint density at radius 2 is 1.75 bits per heavy atom. The number of rotatable bonds is 5. The molecule has 1 amide bonds. The number of thiocarbonyl (C=S) groups is 1. The molecule has 110 valence electrons. The molecule has 3 nitrogen and oxygen atoms in total. The topological polar surface area (TPSA) is 46.3 Å². The Kier molecular flexibility index (Phi) is 5.69. The van der Waals surface area contributed by atoms with Crippen LogP contribution in [0.1, 0.15) is 47.3 Å². The van der Waals surface area contributed by atoms with Crippen LogP contribution in [0.2, 0.25) is 0 Å². The Bertz CT molecular complexity index is 500. The van der Waals surface area contributed by atoms with E-state index >= 15 is 0 Å². The van der Waals surface area contributed by atoms with Crippen LogP contribution in [0.15, 0.2) is 12.1 Å². The SMILES string of the molecule is Cc1cc(C)c(C(=O)N(CCC(N)=S)C(C)C)c(C)c1. The Labute approximate surface area is 127 Å². The molecule has 1 rings (SSSR count). The molecule has 2 N–H and O–H groups in total. The highest BCUT2D eigenvalue weighted by Crippen LogP contribution is 2.19. The Morgan fingerprint density at radius 3 is 2.15 bits per heavy atom. The van der Waals surface area contributed by atoms with E-state index in [9.17, 15) is 4.79 Å². The van der Waals surface area contributed by atoms with Gasteiger partial charge in [0.1, 0.15) is 0 Å². The zero-order valence-electron chi connectivity index (χ0n) is 13.0. The Hall–Kier alpha value is -1.42. The van der Waals surface area contributed by atoms with Crippen LogP contribution in [0.25, 0.3) is 0 Å². The van der Waals surface area contributed by atoms with Crippen LogP contribution in [-0.2, 0) is 0 Å². The van der Waals surface area contributed by atoms with Gasteiger partial charge >= 0.3 is 0 Å². The van der Waals surface area contributed by atoms with E-state index in [0.717, 1.165) is 16.7 Å². The predicted molar refractivity (Wildman–Crippen MR) is 88.2 cm³/mol. The van der Waals surface area contributed by atoms with Crippen molar-refractivity contribution in [1.29, 1.82) is 0 Å². The molecular weight excluding hydrogens is 268 g/mol. The molecule has 0 aliphatic rings. The minimum absolute atomic E-state index is 0.0613. The maximum absolute atomic E-state index is 12.8. The van der Waals surface area contributed by atoms with Gasteiger partial charge in [-0.05, 0) is 45.7 Å². The number of nitrogens with zero attached hydrogens (tertiary/aromatic N) is 1. The third kappa shape index (κ3) is 4.04. The second-order valence-corrected chi connectivity index (χ2v) is 6.11. The lowest BCUT2D eigenvalue weighted by Crippen LogP contribution is -2.39. The summed E-state index contributed by atoms with van der Waals surface area (Å²) in [5.74, 6) is 0.0613. The molecule has 0 saturated carbocycles. The van der Waals surface area contributed by atoms with Gasteiger partial charge in [0.2, 0.25) is 0 Å². The van der Waals surface area contributed by atoms with E-state index in [1.807, 2.05) is 51.7 Å². The first-order valence-corrected chi connectivity index (χ1v) is 7.32. The van der Waals surface area contributed by atoms with Crippen molar-refractivity contribution in [2.45, 2.75) is 47.1 Å². The van der Waals surface area contributed by atoms with Gasteiger partial charge in [-0.3, -0.25) is 4.79 Å². The van der Waals surface area contributed by atoms with Crippen molar-refractivity contribution in [3.05, 3.63) is 34.4 Å². The van der Waals surface area contributed by atoms with Crippen LogP contribution in [0.4, 0.5) is 0 Å². The van der Waals surface area contributed by atoms with E-state index < -0.39 is 0 Å². The summed E-state index contributed by atoms with van der Waals surface area (Å²) >= 11 is 4.91. The fourth-order valence-electron chi connectivity index (χ4n) is 2.49. The molecule has 0 saturated heterocycles. The molecule has 0 aliphatic heterocycles. The van der Waals surface area contributed by atoms with Gasteiger partial charge in [0.25, 0.3) is 5.91 Å². The fourth-order valence-corrected chi connectivity index (χ4v) is 2.58. The van der Waals surface area contributed by atoms with E-state index in [1.54, 1.807) is 0 Å². The third-order valence-electron chi connectivity index (χ3n) is 3.37. The maximum atomic E-state index is 12.8. The van der Waals surface area contributed by atoms with Gasteiger partial charge in [0.05, 0.1) is 4.99 Å². The second kappa shape index (κ2) is 6.84. The molecule has 1 aromatic carbocycles. The van der Waals surface area contributed by atoms with Gasteiger partial charge in [0, 0.05) is 24.6 Å². The summed E-state index contributed by atoms with van der Waals surface area (Å²) in [6.07, 6.45) is 0.559. The van der Waals surface area contributed by atoms with Gasteiger partial charge < -0.3 is 10.6 Å². The number of nitrogens with two attached hydrogens (primary N) is 1.